The monoisotopic (exact) mass is 448 g/mol. The van der Waals surface area contributed by atoms with Gasteiger partial charge in [0.2, 0.25) is 0 Å². The van der Waals surface area contributed by atoms with Gasteiger partial charge in [0.25, 0.3) is 5.91 Å². The van der Waals surface area contributed by atoms with E-state index in [4.69, 9.17) is 14.2 Å². The van der Waals surface area contributed by atoms with E-state index in [2.05, 4.69) is 5.32 Å². The fraction of sp³-hybridized carbons (Fsp3) is 0.391. The SMILES string of the molecule is CCOC(=O)N1c2cc(OC)c(OC)cc2C(CNC(=O)c2ccc(F)cc2F)CC1C. The van der Waals surface area contributed by atoms with Crippen molar-refractivity contribution >= 4 is 17.7 Å². The van der Waals surface area contributed by atoms with Gasteiger partial charge in [0, 0.05) is 30.6 Å². The number of hydrogen-bond acceptors (Lipinski definition) is 5. The van der Waals surface area contributed by atoms with Gasteiger partial charge >= 0.3 is 6.09 Å². The standard InChI is InChI=1S/C23H26F2N2O5/c1-5-32-23(29)27-13(2)8-14(17-10-20(30-3)21(31-4)11-19(17)27)12-26-22(28)16-7-6-15(24)9-18(16)25/h6-7,9-11,13-14H,5,8,12H2,1-4H3,(H,26,28). The lowest BCUT2D eigenvalue weighted by Gasteiger charge is -2.39. The first-order valence-corrected chi connectivity index (χ1v) is 10.3. The number of amides is 2. The van der Waals surface area contributed by atoms with E-state index in [1.807, 2.05) is 6.92 Å². The minimum Gasteiger partial charge on any atom is -0.493 e. The van der Waals surface area contributed by atoms with Crippen molar-refractivity contribution in [2.45, 2.75) is 32.2 Å². The van der Waals surface area contributed by atoms with Gasteiger partial charge in [-0.05, 0) is 44.0 Å². The minimum absolute atomic E-state index is 0.180. The average Bonchev–Trinajstić information content (AvgIpc) is 2.76. The number of hydrogen-bond donors (Lipinski definition) is 1. The number of rotatable bonds is 6. The maximum absolute atomic E-state index is 14.0. The van der Waals surface area contributed by atoms with Crippen LogP contribution in [0.25, 0.3) is 0 Å². The summed E-state index contributed by atoms with van der Waals surface area (Å²) in [5.74, 6) is -1.60. The molecule has 0 bridgehead atoms. The Morgan fingerprint density at radius 2 is 1.81 bits per heavy atom. The number of benzene rings is 2. The van der Waals surface area contributed by atoms with Crippen LogP contribution < -0.4 is 19.7 Å². The van der Waals surface area contributed by atoms with E-state index in [1.54, 1.807) is 24.0 Å². The van der Waals surface area contributed by atoms with E-state index < -0.39 is 23.6 Å². The molecule has 2 aromatic rings. The molecule has 32 heavy (non-hydrogen) atoms. The number of fused-ring (bicyclic) bond motifs is 1. The van der Waals surface area contributed by atoms with Gasteiger partial charge in [0.1, 0.15) is 11.6 Å². The molecular weight excluding hydrogens is 422 g/mol. The Kier molecular flexibility index (Phi) is 7.17. The van der Waals surface area contributed by atoms with Crippen LogP contribution in [0.4, 0.5) is 19.3 Å². The largest absolute Gasteiger partial charge is 0.493 e. The van der Waals surface area contributed by atoms with Crippen molar-refractivity contribution in [1.82, 2.24) is 5.32 Å². The van der Waals surface area contributed by atoms with Gasteiger partial charge in [-0.1, -0.05) is 0 Å². The molecule has 7 nitrogen and oxygen atoms in total. The maximum atomic E-state index is 14.0. The summed E-state index contributed by atoms with van der Waals surface area (Å²) < 4.78 is 43.2. The summed E-state index contributed by atoms with van der Waals surface area (Å²) >= 11 is 0. The lowest BCUT2D eigenvalue weighted by atomic mass is 9.85. The van der Waals surface area contributed by atoms with Crippen LogP contribution >= 0.6 is 0 Å². The molecule has 2 atom stereocenters. The Morgan fingerprint density at radius 1 is 1.12 bits per heavy atom. The zero-order chi connectivity index (χ0) is 23.4. The van der Waals surface area contributed by atoms with Crippen LogP contribution in [0.2, 0.25) is 0 Å². The molecule has 1 aliphatic rings. The molecule has 2 aromatic carbocycles. The highest BCUT2D eigenvalue weighted by Gasteiger charge is 2.36. The van der Waals surface area contributed by atoms with Crippen LogP contribution in [0.1, 0.15) is 42.1 Å². The van der Waals surface area contributed by atoms with Crippen LogP contribution in [-0.4, -0.2) is 45.4 Å². The van der Waals surface area contributed by atoms with E-state index in [9.17, 15) is 18.4 Å². The Morgan fingerprint density at radius 3 is 2.44 bits per heavy atom. The number of carbonyl (C=O) groups excluding carboxylic acids is 2. The van der Waals surface area contributed by atoms with E-state index in [-0.39, 0.29) is 30.7 Å². The Bertz CT molecular complexity index is 1010. The van der Waals surface area contributed by atoms with Crippen LogP contribution in [0, 0.1) is 11.6 Å². The summed E-state index contributed by atoms with van der Waals surface area (Å²) in [5.41, 5.74) is 1.11. The molecule has 0 spiro atoms. The number of halogens is 2. The molecule has 3 rings (SSSR count). The second-order valence-corrected chi connectivity index (χ2v) is 7.45. The lowest BCUT2D eigenvalue weighted by molar-refractivity contribution is 0.0945. The smallest absolute Gasteiger partial charge is 0.414 e. The molecule has 1 aliphatic heterocycles. The summed E-state index contributed by atoms with van der Waals surface area (Å²) in [7, 11) is 3.01. The molecule has 172 valence electrons. The first-order valence-electron chi connectivity index (χ1n) is 10.3. The van der Waals surface area contributed by atoms with Crippen molar-refractivity contribution in [3.8, 4) is 11.5 Å². The first kappa shape index (κ1) is 23.3. The second-order valence-electron chi connectivity index (χ2n) is 7.45. The van der Waals surface area contributed by atoms with E-state index >= 15 is 0 Å². The average molecular weight is 448 g/mol. The molecule has 0 radical (unpaired) electrons. The predicted molar refractivity (Wildman–Crippen MR) is 115 cm³/mol. The highest BCUT2D eigenvalue weighted by Crippen LogP contribution is 2.44. The zero-order valence-corrected chi connectivity index (χ0v) is 18.4. The van der Waals surface area contributed by atoms with Gasteiger partial charge < -0.3 is 19.5 Å². The lowest BCUT2D eigenvalue weighted by Crippen LogP contribution is -2.45. The number of anilines is 1. The third-order valence-electron chi connectivity index (χ3n) is 5.45. The molecule has 1 heterocycles. The molecule has 0 aliphatic carbocycles. The van der Waals surface area contributed by atoms with Crippen molar-refractivity contribution in [2.75, 3.05) is 32.3 Å². The topological polar surface area (TPSA) is 77.1 Å². The van der Waals surface area contributed by atoms with Crippen LogP contribution in [-0.2, 0) is 4.74 Å². The number of carbonyl (C=O) groups is 2. The molecule has 0 fully saturated rings. The second kappa shape index (κ2) is 9.84. The quantitative estimate of drug-likeness (QED) is 0.715. The van der Waals surface area contributed by atoms with Crippen molar-refractivity contribution in [3.05, 3.63) is 53.1 Å². The third kappa shape index (κ3) is 4.61. The summed E-state index contributed by atoms with van der Waals surface area (Å²) in [5, 5.41) is 2.72. The summed E-state index contributed by atoms with van der Waals surface area (Å²) in [6.45, 7) is 4.02. The summed E-state index contributed by atoms with van der Waals surface area (Å²) in [6, 6.07) is 6.04. The molecule has 0 aromatic heterocycles. The van der Waals surface area contributed by atoms with Crippen molar-refractivity contribution in [3.63, 3.8) is 0 Å². The number of ether oxygens (including phenoxy) is 3. The fourth-order valence-electron chi connectivity index (χ4n) is 3.95. The van der Waals surface area contributed by atoms with Gasteiger partial charge in [-0.15, -0.1) is 0 Å². The normalized spacial score (nSPS) is 17.4. The molecule has 1 N–H and O–H groups in total. The van der Waals surface area contributed by atoms with Crippen molar-refractivity contribution < 1.29 is 32.6 Å². The highest BCUT2D eigenvalue weighted by molar-refractivity contribution is 5.94. The molecule has 2 unspecified atom stereocenters. The molecule has 0 saturated carbocycles. The third-order valence-corrected chi connectivity index (χ3v) is 5.45. The van der Waals surface area contributed by atoms with Gasteiger partial charge in [-0.2, -0.15) is 0 Å². The Hall–Kier alpha value is -3.36. The molecule has 9 heteroatoms. The minimum atomic E-state index is -0.931. The summed E-state index contributed by atoms with van der Waals surface area (Å²) in [6.07, 6.45) is 0.0392. The van der Waals surface area contributed by atoms with Crippen LogP contribution in [0.5, 0.6) is 11.5 Å². The highest BCUT2D eigenvalue weighted by atomic mass is 19.1. The Balaban J connectivity index is 1.92. The molecular formula is C23H26F2N2O5. The molecule has 0 saturated heterocycles. The summed E-state index contributed by atoms with van der Waals surface area (Å²) in [4.78, 5) is 26.7. The van der Waals surface area contributed by atoms with Crippen molar-refractivity contribution in [2.24, 2.45) is 0 Å². The predicted octanol–water partition coefficient (Wildman–Crippen LogP) is 4.25. The number of methoxy groups -OCH3 is 2. The first-order chi connectivity index (χ1) is 15.3. The van der Waals surface area contributed by atoms with Crippen LogP contribution in [0.15, 0.2) is 30.3 Å². The van der Waals surface area contributed by atoms with Gasteiger partial charge in [0.15, 0.2) is 11.5 Å². The van der Waals surface area contributed by atoms with Crippen molar-refractivity contribution in [1.29, 1.82) is 0 Å². The van der Waals surface area contributed by atoms with Gasteiger partial charge in [0.05, 0.1) is 32.1 Å². The number of nitrogens with zero attached hydrogens (tertiary/aromatic N) is 1. The number of nitrogens with one attached hydrogen (secondary N) is 1. The van der Waals surface area contributed by atoms with E-state index in [0.717, 1.165) is 17.7 Å². The maximum Gasteiger partial charge on any atom is 0.414 e. The zero-order valence-electron chi connectivity index (χ0n) is 18.4. The van der Waals surface area contributed by atoms with Gasteiger partial charge in [-0.25, -0.2) is 13.6 Å². The molecule has 2 amide bonds. The van der Waals surface area contributed by atoms with E-state index in [1.165, 1.54) is 14.2 Å². The van der Waals surface area contributed by atoms with Crippen LogP contribution in [0.3, 0.4) is 0 Å². The van der Waals surface area contributed by atoms with Gasteiger partial charge in [-0.3, -0.25) is 9.69 Å². The Labute approximate surface area is 185 Å². The fourth-order valence-corrected chi connectivity index (χ4v) is 3.95. The van der Waals surface area contributed by atoms with E-state index in [0.29, 0.717) is 29.7 Å².